The molecule has 0 saturated heterocycles. The summed E-state index contributed by atoms with van der Waals surface area (Å²) in [5.74, 6) is -0.895. The number of rotatable bonds is 4. The molecule has 0 aromatic heterocycles. The minimum absolute atomic E-state index is 0.164. The van der Waals surface area contributed by atoms with Crippen molar-refractivity contribution in [2.24, 2.45) is 11.8 Å². The molecule has 0 aliphatic heterocycles. The smallest absolute Gasteiger partial charge is 0.227 e. The summed E-state index contributed by atoms with van der Waals surface area (Å²) in [5, 5.41) is 7.44. The standard InChI is InChI=1S/C20H18Cl4N2O2/c21-13-4-6-15(23)17(9-13)25-19(27)11-2-1-3-12(8-11)20(28)26-18-10-14(22)5-7-16(18)24/h4-7,9-12H,1-3,8H2,(H,25,27)(H,26,28)/t11-,12+. The molecule has 1 aliphatic rings. The summed E-state index contributed by atoms with van der Waals surface area (Å²) in [7, 11) is 0. The highest BCUT2D eigenvalue weighted by Gasteiger charge is 2.31. The maximum Gasteiger partial charge on any atom is 0.227 e. The summed E-state index contributed by atoms with van der Waals surface area (Å²) in [5.41, 5.74) is 0.938. The molecule has 148 valence electrons. The predicted octanol–water partition coefficient (Wildman–Crippen LogP) is 6.68. The van der Waals surface area contributed by atoms with Crippen LogP contribution in [0.4, 0.5) is 11.4 Å². The topological polar surface area (TPSA) is 58.2 Å². The van der Waals surface area contributed by atoms with E-state index in [9.17, 15) is 9.59 Å². The monoisotopic (exact) mass is 458 g/mol. The van der Waals surface area contributed by atoms with Crippen LogP contribution in [0.15, 0.2) is 36.4 Å². The van der Waals surface area contributed by atoms with Gasteiger partial charge in [0.05, 0.1) is 21.4 Å². The highest BCUT2D eigenvalue weighted by Crippen LogP contribution is 2.33. The minimum Gasteiger partial charge on any atom is -0.324 e. The van der Waals surface area contributed by atoms with Crippen LogP contribution in [0.3, 0.4) is 0 Å². The van der Waals surface area contributed by atoms with Crippen molar-refractivity contribution >= 4 is 69.6 Å². The fourth-order valence-corrected chi connectivity index (χ4v) is 4.00. The summed E-state index contributed by atoms with van der Waals surface area (Å²) in [4.78, 5) is 25.3. The minimum atomic E-state index is -0.283. The van der Waals surface area contributed by atoms with E-state index in [1.54, 1.807) is 36.4 Å². The summed E-state index contributed by atoms with van der Waals surface area (Å²) < 4.78 is 0. The lowest BCUT2D eigenvalue weighted by Crippen LogP contribution is -2.33. The third kappa shape index (κ3) is 5.32. The van der Waals surface area contributed by atoms with Gasteiger partial charge in [-0.3, -0.25) is 9.59 Å². The number of nitrogens with one attached hydrogen (secondary N) is 2. The lowest BCUT2D eigenvalue weighted by Gasteiger charge is -2.28. The number of carbonyl (C=O) groups is 2. The molecule has 1 aliphatic carbocycles. The van der Waals surface area contributed by atoms with Crippen LogP contribution in [-0.2, 0) is 9.59 Å². The second kappa shape index (κ2) is 9.36. The summed E-state index contributed by atoms with van der Waals surface area (Å²) in [6, 6.07) is 9.78. The highest BCUT2D eigenvalue weighted by atomic mass is 35.5. The van der Waals surface area contributed by atoms with Crippen molar-refractivity contribution in [3.05, 3.63) is 56.5 Å². The van der Waals surface area contributed by atoms with Gasteiger partial charge in [-0.25, -0.2) is 0 Å². The molecule has 2 N–H and O–H groups in total. The Morgan fingerprint density at radius 2 is 1.18 bits per heavy atom. The van der Waals surface area contributed by atoms with Crippen LogP contribution in [0, 0.1) is 11.8 Å². The van der Waals surface area contributed by atoms with E-state index in [2.05, 4.69) is 10.6 Å². The van der Waals surface area contributed by atoms with Gasteiger partial charge in [-0.2, -0.15) is 0 Å². The van der Waals surface area contributed by atoms with Crippen molar-refractivity contribution in [2.45, 2.75) is 25.7 Å². The zero-order valence-corrected chi connectivity index (χ0v) is 17.8. The van der Waals surface area contributed by atoms with E-state index < -0.39 is 0 Å². The van der Waals surface area contributed by atoms with Gasteiger partial charge in [0, 0.05) is 21.9 Å². The Morgan fingerprint density at radius 3 is 1.61 bits per heavy atom. The Kier molecular flexibility index (Phi) is 7.10. The van der Waals surface area contributed by atoms with E-state index in [1.165, 1.54) is 0 Å². The second-order valence-electron chi connectivity index (χ2n) is 6.79. The Balaban J connectivity index is 1.64. The third-order valence-corrected chi connectivity index (χ3v) is 5.92. The quantitative estimate of drug-likeness (QED) is 0.535. The molecule has 0 bridgehead atoms. The number of halogens is 4. The van der Waals surface area contributed by atoms with E-state index in [0.29, 0.717) is 50.7 Å². The van der Waals surface area contributed by atoms with Gasteiger partial charge in [-0.1, -0.05) is 52.8 Å². The lowest BCUT2D eigenvalue weighted by molar-refractivity contribution is -0.124. The molecular weight excluding hydrogens is 442 g/mol. The van der Waals surface area contributed by atoms with Crippen LogP contribution in [0.25, 0.3) is 0 Å². The SMILES string of the molecule is O=C(Nc1cc(Cl)ccc1Cl)[C@@H]1CCC[C@H](C(=O)Nc2cc(Cl)ccc2Cl)C1. The van der Waals surface area contributed by atoms with Crippen LogP contribution < -0.4 is 10.6 Å². The van der Waals surface area contributed by atoms with Crippen LogP contribution >= 0.6 is 46.4 Å². The van der Waals surface area contributed by atoms with Gasteiger partial charge in [-0.05, 0) is 55.7 Å². The Morgan fingerprint density at radius 1 is 0.750 bits per heavy atom. The maximum absolute atomic E-state index is 12.7. The molecule has 3 rings (SSSR count). The van der Waals surface area contributed by atoms with Crippen LogP contribution in [0.5, 0.6) is 0 Å². The first-order chi connectivity index (χ1) is 13.3. The number of anilines is 2. The van der Waals surface area contributed by atoms with Crippen LogP contribution in [0.1, 0.15) is 25.7 Å². The van der Waals surface area contributed by atoms with Gasteiger partial charge in [0.25, 0.3) is 0 Å². The van der Waals surface area contributed by atoms with E-state index in [0.717, 1.165) is 6.42 Å². The number of amides is 2. The predicted molar refractivity (Wildman–Crippen MR) is 116 cm³/mol. The summed E-state index contributed by atoms with van der Waals surface area (Å²) in [6.07, 6.45) is 2.66. The summed E-state index contributed by atoms with van der Waals surface area (Å²) >= 11 is 24.2. The average molecular weight is 460 g/mol. The van der Waals surface area contributed by atoms with Crippen molar-refractivity contribution in [2.75, 3.05) is 10.6 Å². The molecule has 0 spiro atoms. The van der Waals surface area contributed by atoms with Gasteiger partial charge in [-0.15, -0.1) is 0 Å². The van der Waals surface area contributed by atoms with Gasteiger partial charge < -0.3 is 10.6 Å². The molecule has 4 nitrogen and oxygen atoms in total. The molecule has 1 fully saturated rings. The second-order valence-corrected chi connectivity index (χ2v) is 8.47. The van der Waals surface area contributed by atoms with Crippen LogP contribution in [-0.4, -0.2) is 11.8 Å². The third-order valence-electron chi connectivity index (χ3n) is 4.79. The van der Waals surface area contributed by atoms with Crippen molar-refractivity contribution in [1.29, 1.82) is 0 Å². The molecule has 1 saturated carbocycles. The fourth-order valence-electron chi connectivity index (χ4n) is 3.32. The highest BCUT2D eigenvalue weighted by molar-refractivity contribution is 6.36. The first kappa shape index (κ1) is 21.3. The molecule has 0 unspecified atom stereocenters. The first-order valence-electron chi connectivity index (χ1n) is 8.85. The van der Waals surface area contributed by atoms with Gasteiger partial charge in [0.15, 0.2) is 0 Å². The average Bonchev–Trinajstić information content (AvgIpc) is 2.67. The first-order valence-corrected chi connectivity index (χ1v) is 10.4. The largest absolute Gasteiger partial charge is 0.324 e. The van der Waals surface area contributed by atoms with E-state index in [4.69, 9.17) is 46.4 Å². The molecule has 2 amide bonds. The number of hydrogen-bond acceptors (Lipinski definition) is 2. The van der Waals surface area contributed by atoms with E-state index in [1.807, 2.05) is 0 Å². The molecule has 8 heteroatoms. The molecule has 0 heterocycles. The zero-order valence-electron chi connectivity index (χ0n) is 14.8. The molecular formula is C20H18Cl4N2O2. The molecule has 2 aromatic carbocycles. The van der Waals surface area contributed by atoms with Crippen molar-refractivity contribution in [3.8, 4) is 0 Å². The normalized spacial score (nSPS) is 19.1. The van der Waals surface area contributed by atoms with Gasteiger partial charge >= 0.3 is 0 Å². The van der Waals surface area contributed by atoms with Crippen molar-refractivity contribution in [1.82, 2.24) is 0 Å². The lowest BCUT2D eigenvalue weighted by atomic mass is 9.80. The Bertz CT molecular complexity index is 832. The van der Waals surface area contributed by atoms with Crippen LogP contribution in [0.2, 0.25) is 20.1 Å². The zero-order chi connectivity index (χ0) is 20.3. The van der Waals surface area contributed by atoms with Gasteiger partial charge in [0.2, 0.25) is 11.8 Å². The molecule has 0 radical (unpaired) electrons. The Hall–Kier alpha value is -1.46. The fraction of sp³-hybridized carbons (Fsp3) is 0.300. The van der Waals surface area contributed by atoms with E-state index >= 15 is 0 Å². The maximum atomic E-state index is 12.7. The van der Waals surface area contributed by atoms with Gasteiger partial charge in [0.1, 0.15) is 0 Å². The number of carbonyl (C=O) groups excluding carboxylic acids is 2. The van der Waals surface area contributed by atoms with Crippen molar-refractivity contribution < 1.29 is 9.59 Å². The Labute approximate surface area is 183 Å². The number of hydrogen-bond donors (Lipinski definition) is 2. The molecule has 2 aromatic rings. The molecule has 28 heavy (non-hydrogen) atoms. The van der Waals surface area contributed by atoms with E-state index in [-0.39, 0.29) is 23.7 Å². The molecule has 2 atom stereocenters. The summed E-state index contributed by atoms with van der Waals surface area (Å²) in [6.45, 7) is 0. The number of benzene rings is 2. The van der Waals surface area contributed by atoms with Crippen molar-refractivity contribution in [3.63, 3.8) is 0 Å².